The van der Waals surface area contributed by atoms with Crippen molar-refractivity contribution in [3.05, 3.63) is 35.6 Å². The second-order valence-corrected chi connectivity index (χ2v) is 5.91. The van der Waals surface area contributed by atoms with E-state index < -0.39 is 0 Å². The average molecular weight is 264 g/mol. The van der Waals surface area contributed by atoms with Gasteiger partial charge in [0.05, 0.1) is 0 Å². The molecule has 1 aromatic carbocycles. The molecule has 0 N–H and O–H groups in total. The lowest BCUT2D eigenvalue weighted by molar-refractivity contribution is 0.161. The van der Waals surface area contributed by atoms with Crippen LogP contribution >= 0.6 is 0 Å². The summed E-state index contributed by atoms with van der Waals surface area (Å²) in [4.78, 5) is 4.88. The van der Waals surface area contributed by atoms with E-state index in [4.69, 9.17) is 0 Å². The van der Waals surface area contributed by atoms with Gasteiger partial charge < -0.3 is 9.80 Å². The molecule has 1 unspecified atom stereocenters. The highest BCUT2D eigenvalue weighted by molar-refractivity contribution is 5.15. The number of likely N-dealkylation sites (N-methyl/N-ethyl adjacent to an activating group) is 1. The van der Waals surface area contributed by atoms with Crippen molar-refractivity contribution in [1.29, 1.82) is 0 Å². The van der Waals surface area contributed by atoms with E-state index in [2.05, 4.69) is 23.8 Å². The minimum Gasteiger partial charge on any atom is -0.302 e. The smallest absolute Gasteiger partial charge is 0.123 e. The van der Waals surface area contributed by atoms with Crippen molar-refractivity contribution < 1.29 is 4.39 Å². The molecule has 1 saturated heterocycles. The van der Waals surface area contributed by atoms with Crippen molar-refractivity contribution in [2.45, 2.75) is 26.3 Å². The molecule has 106 valence electrons. The molecule has 2 rings (SSSR count). The molecule has 19 heavy (non-hydrogen) atoms. The van der Waals surface area contributed by atoms with E-state index in [1.54, 1.807) is 0 Å². The molecule has 2 nitrogen and oxygen atoms in total. The highest BCUT2D eigenvalue weighted by atomic mass is 19.1. The van der Waals surface area contributed by atoms with Crippen molar-refractivity contribution in [3.8, 4) is 0 Å². The van der Waals surface area contributed by atoms with Gasteiger partial charge >= 0.3 is 0 Å². The van der Waals surface area contributed by atoms with Crippen LogP contribution in [0.25, 0.3) is 0 Å². The summed E-state index contributed by atoms with van der Waals surface area (Å²) in [7, 11) is 2.14. The van der Waals surface area contributed by atoms with Gasteiger partial charge in [-0.15, -0.1) is 0 Å². The third kappa shape index (κ3) is 4.92. The fourth-order valence-electron chi connectivity index (χ4n) is 2.78. The quantitative estimate of drug-likeness (QED) is 0.806. The molecule has 0 aliphatic carbocycles. The average Bonchev–Trinajstić information content (AvgIpc) is 2.39. The summed E-state index contributed by atoms with van der Waals surface area (Å²) < 4.78 is 12.8. The van der Waals surface area contributed by atoms with Crippen LogP contribution in [-0.2, 0) is 6.54 Å². The molecule has 1 fully saturated rings. The van der Waals surface area contributed by atoms with Crippen LogP contribution < -0.4 is 0 Å². The molecule has 1 aliphatic heterocycles. The number of rotatable bonds is 5. The zero-order chi connectivity index (χ0) is 13.7. The van der Waals surface area contributed by atoms with Crippen molar-refractivity contribution in [2.24, 2.45) is 5.92 Å². The molecule has 0 saturated carbocycles. The van der Waals surface area contributed by atoms with Crippen LogP contribution in [0, 0.1) is 11.7 Å². The Bertz CT molecular complexity index is 377. The van der Waals surface area contributed by atoms with Gasteiger partial charge in [-0.1, -0.05) is 19.1 Å². The zero-order valence-corrected chi connectivity index (χ0v) is 12.1. The topological polar surface area (TPSA) is 6.48 Å². The monoisotopic (exact) mass is 264 g/mol. The molecule has 3 heteroatoms. The molecule has 1 atom stereocenters. The van der Waals surface area contributed by atoms with Gasteiger partial charge in [-0.25, -0.2) is 4.39 Å². The lowest BCUT2D eigenvalue weighted by Gasteiger charge is -2.32. The van der Waals surface area contributed by atoms with Crippen LogP contribution in [0.4, 0.5) is 4.39 Å². The molecule has 1 heterocycles. The van der Waals surface area contributed by atoms with Gasteiger partial charge in [0.2, 0.25) is 0 Å². The molecule has 1 aliphatic rings. The Hall–Kier alpha value is -0.930. The van der Waals surface area contributed by atoms with Crippen LogP contribution in [0.2, 0.25) is 0 Å². The first kappa shape index (κ1) is 14.5. The lowest BCUT2D eigenvalue weighted by atomic mass is 10.0. The van der Waals surface area contributed by atoms with Crippen LogP contribution in [0.3, 0.4) is 0 Å². The highest BCUT2D eigenvalue weighted by Gasteiger charge is 2.16. The predicted molar refractivity (Wildman–Crippen MR) is 77.6 cm³/mol. The van der Waals surface area contributed by atoms with Gasteiger partial charge in [-0.2, -0.15) is 0 Å². The van der Waals surface area contributed by atoms with Gasteiger partial charge in [-0.3, -0.25) is 0 Å². The Kier molecular flexibility index (Phi) is 5.34. The number of likely N-dealkylation sites (tertiary alicyclic amines) is 1. The number of halogens is 1. The standard InChI is InChI=1S/C16H25FN2/c1-14-4-3-9-19(12-14)11-10-18(2)13-15-5-7-16(17)8-6-15/h5-8,14H,3-4,9-13H2,1-2H3. The van der Waals surface area contributed by atoms with E-state index in [1.165, 1.54) is 43.6 Å². The van der Waals surface area contributed by atoms with Gasteiger partial charge in [-0.05, 0) is 50.0 Å². The Morgan fingerprint density at radius 2 is 2.05 bits per heavy atom. The van der Waals surface area contributed by atoms with Crippen molar-refractivity contribution in [1.82, 2.24) is 9.80 Å². The van der Waals surface area contributed by atoms with Crippen molar-refractivity contribution in [2.75, 3.05) is 33.2 Å². The number of nitrogens with zero attached hydrogens (tertiary/aromatic N) is 2. The van der Waals surface area contributed by atoms with E-state index >= 15 is 0 Å². The largest absolute Gasteiger partial charge is 0.302 e. The molecule has 0 aromatic heterocycles. The van der Waals surface area contributed by atoms with Crippen LogP contribution in [-0.4, -0.2) is 43.0 Å². The maximum atomic E-state index is 12.8. The first-order valence-corrected chi connectivity index (χ1v) is 7.29. The summed E-state index contributed by atoms with van der Waals surface area (Å²) in [5.41, 5.74) is 1.18. The predicted octanol–water partition coefficient (Wildman–Crippen LogP) is 2.99. The highest BCUT2D eigenvalue weighted by Crippen LogP contribution is 2.15. The van der Waals surface area contributed by atoms with E-state index in [0.29, 0.717) is 0 Å². The molecule has 0 bridgehead atoms. The zero-order valence-electron chi connectivity index (χ0n) is 12.1. The summed E-state index contributed by atoms with van der Waals surface area (Å²) in [6.45, 7) is 7.93. The third-order valence-corrected chi connectivity index (χ3v) is 3.90. The first-order chi connectivity index (χ1) is 9.13. The summed E-state index contributed by atoms with van der Waals surface area (Å²) in [6, 6.07) is 6.81. The molecular weight excluding hydrogens is 239 g/mol. The van der Waals surface area contributed by atoms with Crippen LogP contribution in [0.15, 0.2) is 24.3 Å². The Morgan fingerprint density at radius 3 is 2.74 bits per heavy atom. The van der Waals surface area contributed by atoms with Crippen molar-refractivity contribution in [3.63, 3.8) is 0 Å². The van der Waals surface area contributed by atoms with Crippen molar-refractivity contribution >= 4 is 0 Å². The fourth-order valence-corrected chi connectivity index (χ4v) is 2.78. The maximum Gasteiger partial charge on any atom is 0.123 e. The molecule has 0 amide bonds. The third-order valence-electron chi connectivity index (χ3n) is 3.90. The van der Waals surface area contributed by atoms with E-state index in [0.717, 1.165) is 25.6 Å². The van der Waals surface area contributed by atoms with Gasteiger partial charge in [0.15, 0.2) is 0 Å². The van der Waals surface area contributed by atoms with Crippen LogP contribution in [0.1, 0.15) is 25.3 Å². The van der Waals surface area contributed by atoms with E-state index in [9.17, 15) is 4.39 Å². The second kappa shape index (κ2) is 7.01. The van der Waals surface area contributed by atoms with E-state index in [1.807, 2.05) is 12.1 Å². The van der Waals surface area contributed by atoms with Crippen LogP contribution in [0.5, 0.6) is 0 Å². The first-order valence-electron chi connectivity index (χ1n) is 7.29. The summed E-state index contributed by atoms with van der Waals surface area (Å²) in [5, 5.41) is 0. The van der Waals surface area contributed by atoms with Gasteiger partial charge in [0, 0.05) is 26.2 Å². The Balaban J connectivity index is 1.72. The maximum absolute atomic E-state index is 12.8. The Labute approximate surface area is 116 Å². The molecule has 1 aromatic rings. The number of hydrogen-bond acceptors (Lipinski definition) is 2. The summed E-state index contributed by atoms with van der Waals surface area (Å²) in [6.07, 6.45) is 2.71. The minimum atomic E-state index is -0.159. The fraction of sp³-hybridized carbons (Fsp3) is 0.625. The minimum absolute atomic E-state index is 0.159. The van der Waals surface area contributed by atoms with Gasteiger partial charge in [0.25, 0.3) is 0 Å². The normalized spacial score (nSPS) is 20.9. The molecule has 0 radical (unpaired) electrons. The lowest BCUT2D eigenvalue weighted by Crippen LogP contribution is -2.39. The number of hydrogen-bond donors (Lipinski definition) is 0. The van der Waals surface area contributed by atoms with E-state index in [-0.39, 0.29) is 5.82 Å². The van der Waals surface area contributed by atoms with Gasteiger partial charge in [0.1, 0.15) is 5.82 Å². The Morgan fingerprint density at radius 1 is 1.32 bits per heavy atom. The number of benzene rings is 1. The second-order valence-electron chi connectivity index (χ2n) is 5.91. The number of piperidine rings is 1. The summed E-state index contributed by atoms with van der Waals surface area (Å²) in [5.74, 6) is 0.685. The molecular formula is C16H25FN2. The molecule has 0 spiro atoms. The SMILES string of the molecule is CC1CCCN(CCN(C)Cc2ccc(F)cc2)C1. The summed E-state index contributed by atoms with van der Waals surface area (Å²) >= 11 is 0.